The molecule has 2 heterocycles. The van der Waals surface area contributed by atoms with E-state index in [4.69, 9.17) is 4.74 Å². The second kappa shape index (κ2) is 5.26. The Morgan fingerprint density at radius 3 is 2.95 bits per heavy atom. The second-order valence-electron chi connectivity index (χ2n) is 6.13. The molecule has 2 aromatic rings. The molecule has 1 aliphatic heterocycles. The van der Waals surface area contributed by atoms with Crippen molar-refractivity contribution in [1.29, 1.82) is 0 Å². The minimum Gasteiger partial charge on any atom is -0.382 e. The maximum atomic E-state index is 13.3. The smallest absolute Gasteiger partial charge is 0.125 e. The summed E-state index contributed by atoms with van der Waals surface area (Å²) in [5.41, 5.74) is 1.74. The molecule has 1 aromatic carbocycles. The lowest BCUT2D eigenvalue weighted by Gasteiger charge is -2.31. The van der Waals surface area contributed by atoms with E-state index in [-0.39, 0.29) is 5.82 Å². The van der Waals surface area contributed by atoms with E-state index in [1.54, 1.807) is 12.3 Å². The van der Waals surface area contributed by atoms with Gasteiger partial charge in [0, 0.05) is 36.0 Å². The Kier molecular flexibility index (Phi) is 3.26. The third kappa shape index (κ3) is 2.72. The number of hydrogen-bond donors (Lipinski definition) is 1. The van der Waals surface area contributed by atoms with Gasteiger partial charge in [0.05, 0.1) is 11.6 Å². The molecule has 0 bridgehead atoms. The highest BCUT2D eigenvalue weighted by atomic mass is 19.1. The summed E-state index contributed by atoms with van der Waals surface area (Å²) in [6.07, 6.45) is 6.87. The summed E-state index contributed by atoms with van der Waals surface area (Å²) in [6, 6.07) is 7.18. The van der Waals surface area contributed by atoms with Crippen molar-refractivity contribution in [2.75, 3.05) is 11.9 Å². The molecule has 3 nitrogen and oxygen atoms in total. The van der Waals surface area contributed by atoms with Gasteiger partial charge < -0.3 is 10.1 Å². The predicted octanol–water partition coefficient (Wildman–Crippen LogP) is 3.74. The Morgan fingerprint density at radius 1 is 1.19 bits per heavy atom. The van der Waals surface area contributed by atoms with Gasteiger partial charge in [0.2, 0.25) is 0 Å². The highest BCUT2D eigenvalue weighted by molar-refractivity contribution is 5.91. The summed E-state index contributed by atoms with van der Waals surface area (Å²) >= 11 is 0. The quantitative estimate of drug-likeness (QED) is 0.933. The summed E-state index contributed by atoms with van der Waals surface area (Å²) < 4.78 is 19.2. The number of halogens is 1. The third-order valence-electron chi connectivity index (χ3n) is 4.53. The van der Waals surface area contributed by atoms with E-state index in [0.29, 0.717) is 17.7 Å². The van der Waals surface area contributed by atoms with Gasteiger partial charge >= 0.3 is 0 Å². The Balaban J connectivity index is 1.56. The van der Waals surface area contributed by atoms with Crippen LogP contribution in [0.15, 0.2) is 30.5 Å². The average Bonchev–Trinajstić information content (AvgIpc) is 3.32. The van der Waals surface area contributed by atoms with Crippen LogP contribution in [0, 0.1) is 11.7 Å². The number of ether oxygens (including phenoxy) is 1. The van der Waals surface area contributed by atoms with Crippen LogP contribution in [0.3, 0.4) is 0 Å². The molecule has 110 valence electrons. The average molecular weight is 286 g/mol. The fourth-order valence-electron chi connectivity index (χ4n) is 3.22. The second-order valence-corrected chi connectivity index (χ2v) is 6.13. The van der Waals surface area contributed by atoms with Crippen LogP contribution in [0.1, 0.15) is 25.7 Å². The molecule has 1 aromatic heterocycles. The number of hydrogen-bond acceptors (Lipinski definition) is 3. The van der Waals surface area contributed by atoms with Crippen molar-refractivity contribution in [3.8, 4) is 0 Å². The molecular weight excluding hydrogens is 267 g/mol. The maximum absolute atomic E-state index is 13.3. The number of benzene rings is 1. The van der Waals surface area contributed by atoms with Crippen molar-refractivity contribution < 1.29 is 9.13 Å². The van der Waals surface area contributed by atoms with Crippen LogP contribution in [-0.2, 0) is 4.74 Å². The van der Waals surface area contributed by atoms with Crippen LogP contribution in [0.2, 0.25) is 0 Å². The van der Waals surface area contributed by atoms with E-state index >= 15 is 0 Å². The molecule has 1 saturated carbocycles. The zero-order valence-electron chi connectivity index (χ0n) is 11.9. The minimum absolute atomic E-state index is 0.244. The van der Waals surface area contributed by atoms with Crippen molar-refractivity contribution in [3.05, 3.63) is 36.3 Å². The first kappa shape index (κ1) is 13.0. The highest BCUT2D eigenvalue weighted by Crippen LogP contribution is 2.38. The van der Waals surface area contributed by atoms with E-state index in [2.05, 4.69) is 10.3 Å². The van der Waals surface area contributed by atoms with Crippen LogP contribution in [0.4, 0.5) is 10.1 Å². The molecule has 2 aliphatic rings. The maximum Gasteiger partial charge on any atom is 0.125 e. The van der Waals surface area contributed by atoms with Gasteiger partial charge in [-0.25, -0.2) is 4.39 Å². The first-order valence-corrected chi connectivity index (χ1v) is 7.72. The van der Waals surface area contributed by atoms with Crippen molar-refractivity contribution in [2.24, 2.45) is 5.92 Å². The van der Waals surface area contributed by atoms with E-state index in [1.165, 1.54) is 25.0 Å². The van der Waals surface area contributed by atoms with Crippen molar-refractivity contribution in [1.82, 2.24) is 4.98 Å². The monoisotopic (exact) mass is 286 g/mol. The Bertz CT molecular complexity index is 656. The first-order valence-electron chi connectivity index (χ1n) is 7.72. The number of nitrogens with zero attached hydrogens (tertiary/aromatic N) is 1. The lowest BCUT2D eigenvalue weighted by molar-refractivity contribution is -0.00217. The molecule has 4 heteroatoms. The van der Waals surface area contributed by atoms with Crippen LogP contribution in [0.5, 0.6) is 0 Å². The number of pyridine rings is 1. The molecule has 4 rings (SSSR count). The number of fused-ring (bicyclic) bond motifs is 1. The fourth-order valence-corrected chi connectivity index (χ4v) is 3.22. The van der Waals surface area contributed by atoms with Gasteiger partial charge in [-0.3, -0.25) is 4.98 Å². The number of nitrogens with one attached hydrogen (secondary N) is 1. The zero-order valence-corrected chi connectivity index (χ0v) is 11.9. The summed E-state index contributed by atoms with van der Waals surface area (Å²) in [6.45, 7) is 0.830. The van der Waals surface area contributed by atoms with Gasteiger partial charge in [0.15, 0.2) is 0 Å². The molecule has 2 fully saturated rings. The molecule has 0 spiro atoms. The number of rotatable bonds is 3. The van der Waals surface area contributed by atoms with Crippen LogP contribution >= 0.6 is 0 Å². The molecule has 1 aliphatic carbocycles. The number of anilines is 1. The van der Waals surface area contributed by atoms with Crippen LogP contribution in [0.25, 0.3) is 10.9 Å². The lowest BCUT2D eigenvalue weighted by atomic mass is 9.99. The molecule has 21 heavy (non-hydrogen) atoms. The van der Waals surface area contributed by atoms with E-state index in [1.807, 2.05) is 6.07 Å². The summed E-state index contributed by atoms with van der Waals surface area (Å²) in [4.78, 5) is 4.24. The SMILES string of the molecule is Fc1ccc2c(NC3CCOC(C4CC4)C3)ccnc2c1. The standard InChI is InChI=1S/C17H19FN2O/c18-12-3-4-14-15(5-7-19-16(14)9-12)20-13-6-8-21-17(10-13)11-1-2-11/h3-5,7,9,11,13,17H,1-2,6,8,10H2,(H,19,20). The molecule has 0 amide bonds. The summed E-state index contributed by atoms with van der Waals surface area (Å²) in [7, 11) is 0. The van der Waals surface area contributed by atoms with Gasteiger partial charge in [0.25, 0.3) is 0 Å². The van der Waals surface area contributed by atoms with Gasteiger partial charge in [-0.15, -0.1) is 0 Å². The van der Waals surface area contributed by atoms with Gasteiger partial charge in [-0.05, 0) is 49.8 Å². The van der Waals surface area contributed by atoms with Crippen molar-refractivity contribution in [2.45, 2.75) is 37.8 Å². The topological polar surface area (TPSA) is 34.1 Å². The van der Waals surface area contributed by atoms with Gasteiger partial charge in [-0.2, -0.15) is 0 Å². The first-order chi connectivity index (χ1) is 10.3. The molecule has 1 saturated heterocycles. The van der Waals surface area contributed by atoms with Gasteiger partial charge in [0.1, 0.15) is 5.82 Å². The zero-order chi connectivity index (χ0) is 14.2. The third-order valence-corrected chi connectivity index (χ3v) is 4.53. The Morgan fingerprint density at radius 2 is 2.10 bits per heavy atom. The van der Waals surface area contributed by atoms with Crippen LogP contribution in [-0.4, -0.2) is 23.7 Å². The summed E-state index contributed by atoms with van der Waals surface area (Å²) in [5.74, 6) is 0.532. The predicted molar refractivity (Wildman–Crippen MR) is 80.8 cm³/mol. The van der Waals surface area contributed by atoms with E-state index < -0.39 is 0 Å². The summed E-state index contributed by atoms with van der Waals surface area (Å²) in [5, 5.41) is 4.59. The van der Waals surface area contributed by atoms with Crippen LogP contribution < -0.4 is 5.32 Å². The number of aromatic nitrogens is 1. The molecule has 2 unspecified atom stereocenters. The van der Waals surface area contributed by atoms with Crippen molar-refractivity contribution in [3.63, 3.8) is 0 Å². The molecule has 1 N–H and O–H groups in total. The van der Waals surface area contributed by atoms with Crippen molar-refractivity contribution >= 4 is 16.6 Å². The van der Waals surface area contributed by atoms with Gasteiger partial charge in [-0.1, -0.05) is 0 Å². The normalized spacial score (nSPS) is 26.0. The Labute approximate surface area is 123 Å². The molecule has 0 radical (unpaired) electrons. The largest absolute Gasteiger partial charge is 0.382 e. The van der Waals surface area contributed by atoms with E-state index in [9.17, 15) is 4.39 Å². The lowest BCUT2D eigenvalue weighted by Crippen LogP contribution is -2.35. The molecular formula is C17H19FN2O. The molecule has 2 atom stereocenters. The fraction of sp³-hybridized carbons (Fsp3) is 0.471. The highest BCUT2D eigenvalue weighted by Gasteiger charge is 2.35. The Hall–Kier alpha value is -1.68. The van der Waals surface area contributed by atoms with E-state index in [0.717, 1.165) is 36.4 Å². The minimum atomic E-state index is -0.244.